The van der Waals surface area contributed by atoms with Gasteiger partial charge in [0.2, 0.25) is 5.91 Å². The first-order valence-corrected chi connectivity index (χ1v) is 10.3. The van der Waals surface area contributed by atoms with Gasteiger partial charge in [-0.3, -0.25) is 4.79 Å². The van der Waals surface area contributed by atoms with E-state index in [1.54, 1.807) is 18.4 Å². The summed E-state index contributed by atoms with van der Waals surface area (Å²) in [6.45, 7) is 2.36. The monoisotopic (exact) mass is 402 g/mol. The van der Waals surface area contributed by atoms with Crippen molar-refractivity contribution in [3.63, 3.8) is 0 Å². The van der Waals surface area contributed by atoms with Crippen LogP contribution in [0.5, 0.6) is 5.75 Å². The quantitative estimate of drug-likeness (QED) is 0.586. The number of rotatable bonds is 8. The Balaban J connectivity index is 1.53. The lowest BCUT2D eigenvalue weighted by Crippen LogP contribution is -2.30. The third-order valence-corrected chi connectivity index (χ3v) is 6.13. The van der Waals surface area contributed by atoms with Gasteiger partial charge in [-0.2, -0.15) is 0 Å². The molecule has 0 unspecified atom stereocenters. The molecule has 1 aromatic carbocycles. The fourth-order valence-electron chi connectivity index (χ4n) is 2.46. The number of thioether (sulfide) groups is 1. The van der Waals surface area contributed by atoms with Crippen molar-refractivity contribution < 1.29 is 9.53 Å². The standard InChI is InChI=1S/C19H22N4O2S2/c1-13(18(24)20-12-14-6-8-15(25-3)9-7-14)27-19-22-21-17(23(19)2)11-16-5-4-10-26-16/h4-10,13H,11-12H2,1-3H3,(H,20,24)/t13-/m0/s1. The van der Waals surface area contributed by atoms with Crippen LogP contribution in [0.4, 0.5) is 0 Å². The number of ether oxygens (including phenoxy) is 1. The molecule has 6 nitrogen and oxygen atoms in total. The molecule has 0 aliphatic carbocycles. The van der Waals surface area contributed by atoms with Crippen molar-refractivity contribution in [3.05, 3.63) is 58.0 Å². The Kier molecular flexibility index (Phi) is 6.52. The molecule has 1 atom stereocenters. The van der Waals surface area contributed by atoms with Crippen molar-refractivity contribution in [2.45, 2.75) is 30.3 Å². The predicted octanol–water partition coefficient (Wildman–Crippen LogP) is 3.27. The van der Waals surface area contributed by atoms with Gasteiger partial charge < -0.3 is 14.6 Å². The predicted molar refractivity (Wildman–Crippen MR) is 108 cm³/mol. The Morgan fingerprint density at radius 2 is 2.07 bits per heavy atom. The number of hydrogen-bond acceptors (Lipinski definition) is 6. The lowest BCUT2D eigenvalue weighted by Gasteiger charge is -2.12. The van der Waals surface area contributed by atoms with Crippen molar-refractivity contribution in [1.29, 1.82) is 0 Å². The number of amides is 1. The molecule has 1 amide bonds. The molecule has 2 heterocycles. The lowest BCUT2D eigenvalue weighted by atomic mass is 10.2. The molecule has 0 bridgehead atoms. The van der Waals surface area contributed by atoms with Crippen LogP contribution in [0.1, 0.15) is 23.2 Å². The number of hydrogen-bond donors (Lipinski definition) is 1. The van der Waals surface area contributed by atoms with E-state index in [2.05, 4.69) is 27.0 Å². The number of nitrogens with zero attached hydrogens (tertiary/aromatic N) is 3. The maximum atomic E-state index is 12.4. The van der Waals surface area contributed by atoms with Gasteiger partial charge in [0.05, 0.1) is 12.4 Å². The Labute approximate surface area is 167 Å². The van der Waals surface area contributed by atoms with Gasteiger partial charge in [-0.25, -0.2) is 0 Å². The number of carbonyl (C=O) groups excluding carboxylic acids is 1. The van der Waals surface area contributed by atoms with E-state index in [1.165, 1.54) is 16.6 Å². The molecule has 27 heavy (non-hydrogen) atoms. The zero-order valence-electron chi connectivity index (χ0n) is 15.5. The summed E-state index contributed by atoms with van der Waals surface area (Å²) in [6, 6.07) is 11.8. The Bertz CT molecular complexity index is 876. The minimum absolute atomic E-state index is 0.0291. The summed E-state index contributed by atoms with van der Waals surface area (Å²) in [5.41, 5.74) is 1.03. The number of benzene rings is 1. The highest BCUT2D eigenvalue weighted by molar-refractivity contribution is 8.00. The average molecular weight is 403 g/mol. The van der Waals surface area contributed by atoms with Gasteiger partial charge in [-0.15, -0.1) is 21.5 Å². The lowest BCUT2D eigenvalue weighted by molar-refractivity contribution is -0.120. The highest BCUT2D eigenvalue weighted by Crippen LogP contribution is 2.23. The normalized spacial score (nSPS) is 12.0. The SMILES string of the molecule is COc1ccc(CNC(=O)[C@H](C)Sc2nnc(Cc3cccs3)n2C)cc1. The van der Waals surface area contributed by atoms with Crippen molar-refractivity contribution in [2.24, 2.45) is 7.05 Å². The maximum Gasteiger partial charge on any atom is 0.233 e. The second-order valence-corrected chi connectivity index (χ2v) is 8.38. The zero-order chi connectivity index (χ0) is 19.2. The van der Waals surface area contributed by atoms with E-state index in [0.29, 0.717) is 6.54 Å². The number of aromatic nitrogens is 3. The second kappa shape index (κ2) is 9.05. The van der Waals surface area contributed by atoms with Gasteiger partial charge >= 0.3 is 0 Å². The molecule has 1 N–H and O–H groups in total. The van der Waals surface area contributed by atoms with E-state index in [4.69, 9.17) is 4.74 Å². The zero-order valence-corrected chi connectivity index (χ0v) is 17.1. The van der Waals surface area contributed by atoms with E-state index in [0.717, 1.165) is 28.7 Å². The van der Waals surface area contributed by atoms with Crippen LogP contribution in [-0.4, -0.2) is 33.0 Å². The van der Waals surface area contributed by atoms with E-state index in [1.807, 2.05) is 48.9 Å². The summed E-state index contributed by atoms with van der Waals surface area (Å²) in [6.07, 6.45) is 0.750. The van der Waals surface area contributed by atoms with E-state index in [-0.39, 0.29) is 11.2 Å². The fraction of sp³-hybridized carbons (Fsp3) is 0.316. The summed E-state index contributed by atoms with van der Waals surface area (Å²) in [7, 11) is 3.57. The second-order valence-electron chi connectivity index (χ2n) is 6.04. The Morgan fingerprint density at radius 1 is 1.30 bits per heavy atom. The molecule has 0 saturated carbocycles. The smallest absolute Gasteiger partial charge is 0.233 e. The molecule has 0 spiro atoms. The molecule has 0 aliphatic heterocycles. The van der Waals surface area contributed by atoms with Crippen LogP contribution >= 0.6 is 23.1 Å². The van der Waals surface area contributed by atoms with Gasteiger partial charge in [0, 0.05) is 24.9 Å². The first-order valence-electron chi connectivity index (χ1n) is 8.54. The van der Waals surface area contributed by atoms with Crippen LogP contribution < -0.4 is 10.1 Å². The number of carbonyl (C=O) groups is 1. The average Bonchev–Trinajstić information content (AvgIpc) is 3.32. The molecule has 0 aliphatic rings. The minimum Gasteiger partial charge on any atom is -0.497 e. The minimum atomic E-state index is -0.263. The van der Waals surface area contributed by atoms with Crippen LogP contribution in [0.3, 0.4) is 0 Å². The number of thiophene rings is 1. The van der Waals surface area contributed by atoms with Gasteiger partial charge in [0.15, 0.2) is 5.16 Å². The molecule has 0 radical (unpaired) electrons. The van der Waals surface area contributed by atoms with E-state index in [9.17, 15) is 4.79 Å². The molecular formula is C19H22N4O2S2. The molecule has 3 aromatic rings. The molecular weight excluding hydrogens is 380 g/mol. The molecule has 8 heteroatoms. The van der Waals surface area contributed by atoms with Gasteiger partial charge in [-0.05, 0) is 36.1 Å². The first-order chi connectivity index (χ1) is 13.1. The van der Waals surface area contributed by atoms with Gasteiger partial charge in [0.1, 0.15) is 11.6 Å². The summed E-state index contributed by atoms with van der Waals surface area (Å²) in [5.74, 6) is 1.67. The van der Waals surface area contributed by atoms with Crippen LogP contribution in [0.15, 0.2) is 46.9 Å². The van der Waals surface area contributed by atoms with Crippen LogP contribution in [0.25, 0.3) is 0 Å². The summed E-state index contributed by atoms with van der Waals surface area (Å²) < 4.78 is 7.10. The summed E-state index contributed by atoms with van der Waals surface area (Å²) in [5, 5.41) is 14.0. The van der Waals surface area contributed by atoms with E-state index >= 15 is 0 Å². The highest BCUT2D eigenvalue weighted by Gasteiger charge is 2.19. The molecule has 142 valence electrons. The third kappa shape index (κ3) is 5.11. The van der Waals surface area contributed by atoms with Gasteiger partial charge in [-0.1, -0.05) is 30.0 Å². The van der Waals surface area contributed by atoms with Crippen LogP contribution in [0, 0.1) is 0 Å². The van der Waals surface area contributed by atoms with Crippen molar-refractivity contribution >= 4 is 29.0 Å². The third-order valence-electron chi connectivity index (χ3n) is 4.11. The molecule has 3 rings (SSSR count). The summed E-state index contributed by atoms with van der Waals surface area (Å²) >= 11 is 3.12. The topological polar surface area (TPSA) is 69.0 Å². The summed E-state index contributed by atoms with van der Waals surface area (Å²) in [4.78, 5) is 13.6. The molecule has 0 fully saturated rings. The molecule has 0 saturated heterocycles. The van der Waals surface area contributed by atoms with Crippen molar-refractivity contribution in [1.82, 2.24) is 20.1 Å². The number of methoxy groups -OCH3 is 1. The fourth-order valence-corrected chi connectivity index (χ4v) is 4.02. The maximum absolute atomic E-state index is 12.4. The van der Waals surface area contributed by atoms with Gasteiger partial charge in [0.25, 0.3) is 0 Å². The molecule has 2 aromatic heterocycles. The van der Waals surface area contributed by atoms with Crippen molar-refractivity contribution in [3.8, 4) is 5.75 Å². The van der Waals surface area contributed by atoms with Crippen LogP contribution in [-0.2, 0) is 24.8 Å². The Hall–Kier alpha value is -2.32. The first kappa shape index (κ1) is 19.4. The van der Waals surface area contributed by atoms with E-state index < -0.39 is 0 Å². The van der Waals surface area contributed by atoms with Crippen LogP contribution in [0.2, 0.25) is 0 Å². The Morgan fingerprint density at radius 3 is 2.74 bits per heavy atom. The number of nitrogens with one attached hydrogen (secondary N) is 1. The van der Waals surface area contributed by atoms with Crippen molar-refractivity contribution in [2.75, 3.05) is 7.11 Å². The highest BCUT2D eigenvalue weighted by atomic mass is 32.2. The largest absolute Gasteiger partial charge is 0.497 e.